The van der Waals surface area contributed by atoms with Gasteiger partial charge in [0, 0.05) is 5.54 Å². The Morgan fingerprint density at radius 1 is 1.25 bits per heavy atom. The molecule has 0 aliphatic rings. The van der Waals surface area contributed by atoms with Crippen molar-refractivity contribution in [3.05, 3.63) is 23.8 Å². The number of methoxy groups -OCH3 is 1. The summed E-state index contributed by atoms with van der Waals surface area (Å²) in [7, 11) is 3.61. The van der Waals surface area contributed by atoms with Gasteiger partial charge in [0.25, 0.3) is 0 Å². The summed E-state index contributed by atoms with van der Waals surface area (Å²) in [6.07, 6.45) is 0. The Morgan fingerprint density at radius 2 is 1.94 bits per heavy atom. The molecule has 1 aromatic carbocycles. The third-order valence-corrected chi connectivity index (χ3v) is 2.81. The van der Waals surface area contributed by atoms with Crippen LogP contribution < -0.4 is 14.8 Å². The number of hydrogen-bond acceptors (Lipinski definition) is 3. The third-order valence-electron chi connectivity index (χ3n) is 2.81. The van der Waals surface area contributed by atoms with Crippen molar-refractivity contribution in [3.8, 4) is 11.5 Å². The van der Waals surface area contributed by atoms with Crippen LogP contribution in [-0.2, 0) is 5.54 Å². The Labute approximate surface area is 97.8 Å². The number of nitrogens with one attached hydrogen (secondary N) is 1. The zero-order chi connectivity index (χ0) is 12.2. The van der Waals surface area contributed by atoms with Crippen molar-refractivity contribution in [1.82, 2.24) is 5.32 Å². The first-order chi connectivity index (χ1) is 7.55. The number of ether oxygens (including phenoxy) is 2. The molecular formula is C13H21NO2. The summed E-state index contributed by atoms with van der Waals surface area (Å²) in [6, 6.07) is 6.03. The van der Waals surface area contributed by atoms with Crippen LogP contribution in [0.3, 0.4) is 0 Å². The van der Waals surface area contributed by atoms with Gasteiger partial charge in [-0.2, -0.15) is 0 Å². The molecule has 3 heteroatoms. The zero-order valence-electron chi connectivity index (χ0n) is 10.8. The lowest BCUT2D eigenvalue weighted by molar-refractivity contribution is 0.309. The summed E-state index contributed by atoms with van der Waals surface area (Å²) in [6.45, 7) is 6.86. The first-order valence-electron chi connectivity index (χ1n) is 5.55. The maximum atomic E-state index is 5.48. The maximum Gasteiger partial charge on any atom is 0.161 e. The Morgan fingerprint density at radius 3 is 2.44 bits per heavy atom. The molecule has 1 N–H and O–H groups in total. The monoisotopic (exact) mass is 223 g/mol. The molecule has 0 aliphatic heterocycles. The molecule has 0 atom stereocenters. The van der Waals surface area contributed by atoms with Crippen molar-refractivity contribution in [3.63, 3.8) is 0 Å². The lowest BCUT2D eigenvalue weighted by Gasteiger charge is -2.25. The SMILES string of the molecule is CCOc1ccc(C(C)(C)NC)cc1OC. The summed E-state index contributed by atoms with van der Waals surface area (Å²) >= 11 is 0. The summed E-state index contributed by atoms with van der Waals surface area (Å²) < 4.78 is 10.8. The van der Waals surface area contributed by atoms with E-state index in [0.29, 0.717) is 6.61 Å². The third kappa shape index (κ3) is 2.67. The molecule has 0 radical (unpaired) electrons. The molecule has 0 aliphatic carbocycles. The van der Waals surface area contributed by atoms with Crippen molar-refractivity contribution in [2.75, 3.05) is 20.8 Å². The van der Waals surface area contributed by atoms with E-state index in [2.05, 4.69) is 25.2 Å². The summed E-state index contributed by atoms with van der Waals surface area (Å²) in [5.41, 5.74) is 1.10. The fraction of sp³-hybridized carbons (Fsp3) is 0.538. The maximum absolute atomic E-state index is 5.48. The molecule has 90 valence electrons. The van der Waals surface area contributed by atoms with E-state index in [1.807, 2.05) is 26.1 Å². The average Bonchev–Trinajstić information content (AvgIpc) is 2.29. The summed E-state index contributed by atoms with van der Waals surface area (Å²) in [5.74, 6) is 1.57. The van der Waals surface area contributed by atoms with Gasteiger partial charge in [-0.15, -0.1) is 0 Å². The Bertz CT molecular complexity index is 348. The van der Waals surface area contributed by atoms with Crippen molar-refractivity contribution < 1.29 is 9.47 Å². The number of hydrogen-bond donors (Lipinski definition) is 1. The van der Waals surface area contributed by atoms with Gasteiger partial charge in [-0.1, -0.05) is 6.07 Å². The van der Waals surface area contributed by atoms with Crippen LogP contribution in [0, 0.1) is 0 Å². The van der Waals surface area contributed by atoms with Crippen LogP contribution in [0.1, 0.15) is 26.3 Å². The van der Waals surface area contributed by atoms with Crippen LogP contribution in [0.2, 0.25) is 0 Å². The number of benzene rings is 1. The van der Waals surface area contributed by atoms with E-state index < -0.39 is 0 Å². The first-order valence-corrected chi connectivity index (χ1v) is 5.55. The van der Waals surface area contributed by atoms with E-state index in [1.165, 1.54) is 5.56 Å². The molecule has 0 aromatic heterocycles. The summed E-state index contributed by atoms with van der Waals surface area (Å²) in [5, 5.41) is 3.26. The van der Waals surface area contributed by atoms with Gasteiger partial charge in [0.1, 0.15) is 0 Å². The normalized spacial score (nSPS) is 11.3. The lowest BCUT2D eigenvalue weighted by atomic mass is 9.94. The van der Waals surface area contributed by atoms with Crippen LogP contribution in [-0.4, -0.2) is 20.8 Å². The molecular weight excluding hydrogens is 202 g/mol. The zero-order valence-corrected chi connectivity index (χ0v) is 10.8. The van der Waals surface area contributed by atoms with Crippen LogP contribution in [0.5, 0.6) is 11.5 Å². The van der Waals surface area contributed by atoms with E-state index >= 15 is 0 Å². The van der Waals surface area contributed by atoms with Gasteiger partial charge in [0.05, 0.1) is 13.7 Å². The van der Waals surface area contributed by atoms with Crippen LogP contribution in [0.25, 0.3) is 0 Å². The van der Waals surface area contributed by atoms with Crippen LogP contribution in [0.15, 0.2) is 18.2 Å². The van der Waals surface area contributed by atoms with E-state index in [4.69, 9.17) is 9.47 Å². The second kappa shape index (κ2) is 5.21. The average molecular weight is 223 g/mol. The lowest BCUT2D eigenvalue weighted by Crippen LogP contribution is -2.33. The van der Waals surface area contributed by atoms with Gasteiger partial charge < -0.3 is 14.8 Å². The second-order valence-electron chi connectivity index (χ2n) is 4.17. The Kier molecular flexibility index (Phi) is 4.19. The minimum Gasteiger partial charge on any atom is -0.493 e. The first kappa shape index (κ1) is 12.8. The van der Waals surface area contributed by atoms with E-state index in [0.717, 1.165) is 11.5 Å². The second-order valence-corrected chi connectivity index (χ2v) is 4.17. The van der Waals surface area contributed by atoms with Gasteiger partial charge in [-0.3, -0.25) is 0 Å². The molecule has 0 unspecified atom stereocenters. The van der Waals surface area contributed by atoms with Gasteiger partial charge in [0.2, 0.25) is 0 Å². The molecule has 0 fully saturated rings. The highest BCUT2D eigenvalue weighted by atomic mass is 16.5. The smallest absolute Gasteiger partial charge is 0.161 e. The molecule has 0 heterocycles. The molecule has 16 heavy (non-hydrogen) atoms. The Hall–Kier alpha value is -1.22. The van der Waals surface area contributed by atoms with Gasteiger partial charge in [0.15, 0.2) is 11.5 Å². The highest BCUT2D eigenvalue weighted by Crippen LogP contribution is 2.32. The fourth-order valence-corrected chi connectivity index (χ4v) is 1.48. The fourth-order valence-electron chi connectivity index (χ4n) is 1.48. The largest absolute Gasteiger partial charge is 0.493 e. The number of rotatable bonds is 5. The van der Waals surface area contributed by atoms with Crippen molar-refractivity contribution in [1.29, 1.82) is 0 Å². The van der Waals surface area contributed by atoms with Crippen LogP contribution >= 0.6 is 0 Å². The molecule has 0 bridgehead atoms. The molecule has 0 saturated carbocycles. The minimum atomic E-state index is -0.0714. The quantitative estimate of drug-likeness (QED) is 0.832. The van der Waals surface area contributed by atoms with E-state index in [1.54, 1.807) is 7.11 Å². The van der Waals surface area contributed by atoms with Crippen molar-refractivity contribution in [2.45, 2.75) is 26.3 Å². The topological polar surface area (TPSA) is 30.5 Å². The molecule has 3 nitrogen and oxygen atoms in total. The van der Waals surface area contributed by atoms with Crippen LogP contribution in [0.4, 0.5) is 0 Å². The van der Waals surface area contributed by atoms with Crippen molar-refractivity contribution in [2.24, 2.45) is 0 Å². The van der Waals surface area contributed by atoms with E-state index in [9.17, 15) is 0 Å². The molecule has 1 aromatic rings. The molecule has 0 spiro atoms. The molecule has 0 saturated heterocycles. The van der Waals surface area contributed by atoms with Gasteiger partial charge >= 0.3 is 0 Å². The predicted molar refractivity (Wildman–Crippen MR) is 66.2 cm³/mol. The predicted octanol–water partition coefficient (Wildman–Crippen LogP) is 2.55. The van der Waals surface area contributed by atoms with Gasteiger partial charge in [-0.05, 0) is 45.5 Å². The van der Waals surface area contributed by atoms with E-state index in [-0.39, 0.29) is 5.54 Å². The van der Waals surface area contributed by atoms with Crippen molar-refractivity contribution >= 4 is 0 Å². The Balaban J connectivity index is 3.08. The highest BCUT2D eigenvalue weighted by Gasteiger charge is 2.19. The molecule has 0 amide bonds. The highest BCUT2D eigenvalue weighted by molar-refractivity contribution is 5.44. The van der Waals surface area contributed by atoms with Gasteiger partial charge in [-0.25, -0.2) is 0 Å². The standard InChI is InChI=1S/C13H21NO2/c1-6-16-11-8-7-10(9-12(11)15-5)13(2,3)14-4/h7-9,14H,6H2,1-5H3. The molecule has 1 rings (SSSR count). The summed E-state index contributed by atoms with van der Waals surface area (Å²) in [4.78, 5) is 0. The minimum absolute atomic E-state index is 0.0714.